The van der Waals surface area contributed by atoms with Gasteiger partial charge in [-0.1, -0.05) is 6.42 Å². The normalized spacial score (nSPS) is 32.3. The first-order chi connectivity index (χ1) is 11.5. The highest BCUT2D eigenvalue weighted by Crippen LogP contribution is 2.43. The maximum absolute atomic E-state index is 12.9. The summed E-state index contributed by atoms with van der Waals surface area (Å²) in [6.45, 7) is 5.64. The molecule has 0 radical (unpaired) electrons. The van der Waals surface area contributed by atoms with Crippen molar-refractivity contribution >= 4 is 10.0 Å². The molecule has 0 amide bonds. The number of aromatic nitrogens is 2. The first-order valence-electron chi connectivity index (χ1n) is 8.78. The molecule has 4 heterocycles. The van der Waals surface area contributed by atoms with E-state index in [-0.39, 0.29) is 16.4 Å². The summed E-state index contributed by atoms with van der Waals surface area (Å²) in [5.74, 6) is 0.290. The molecule has 1 aromatic heterocycles. The second-order valence-electron chi connectivity index (χ2n) is 7.59. The lowest BCUT2D eigenvalue weighted by atomic mass is 9.80. The van der Waals surface area contributed by atoms with Crippen molar-refractivity contribution in [2.45, 2.75) is 24.3 Å². The second kappa shape index (κ2) is 6.09. The van der Waals surface area contributed by atoms with Crippen LogP contribution in [0.15, 0.2) is 17.6 Å². The van der Waals surface area contributed by atoms with Crippen molar-refractivity contribution in [3.63, 3.8) is 0 Å². The highest BCUT2D eigenvalue weighted by molar-refractivity contribution is 7.89. The van der Waals surface area contributed by atoms with Crippen molar-refractivity contribution in [1.82, 2.24) is 18.8 Å². The van der Waals surface area contributed by atoms with E-state index in [2.05, 4.69) is 9.88 Å². The van der Waals surface area contributed by atoms with Crippen molar-refractivity contribution < 1.29 is 13.2 Å². The summed E-state index contributed by atoms with van der Waals surface area (Å²) >= 11 is 0. The molecule has 24 heavy (non-hydrogen) atoms. The van der Waals surface area contributed by atoms with Gasteiger partial charge in [-0.25, -0.2) is 13.4 Å². The lowest BCUT2D eigenvalue weighted by molar-refractivity contribution is 0.0962. The van der Waals surface area contributed by atoms with Gasteiger partial charge in [0.05, 0.1) is 19.5 Å². The van der Waals surface area contributed by atoms with Crippen LogP contribution in [0.5, 0.6) is 0 Å². The Kier molecular flexibility index (Phi) is 4.19. The van der Waals surface area contributed by atoms with E-state index in [0.717, 1.165) is 19.6 Å². The summed E-state index contributed by atoms with van der Waals surface area (Å²) < 4.78 is 34.9. The predicted octanol–water partition coefficient (Wildman–Crippen LogP) is 0.543. The third-order valence-electron chi connectivity index (χ3n) is 5.76. The zero-order valence-corrected chi connectivity index (χ0v) is 15.0. The first kappa shape index (κ1) is 16.5. The number of hydrogen-bond donors (Lipinski definition) is 0. The van der Waals surface area contributed by atoms with Crippen LogP contribution in [0.1, 0.15) is 19.3 Å². The van der Waals surface area contributed by atoms with Gasteiger partial charge in [0.25, 0.3) is 10.0 Å². The maximum Gasteiger partial charge on any atom is 0.262 e. The van der Waals surface area contributed by atoms with Crippen LogP contribution in [0.2, 0.25) is 0 Å². The molecule has 3 fully saturated rings. The molecule has 8 heteroatoms. The van der Waals surface area contributed by atoms with Gasteiger partial charge in [-0.05, 0) is 25.9 Å². The molecule has 0 spiro atoms. The van der Waals surface area contributed by atoms with Crippen LogP contribution in [0.25, 0.3) is 0 Å². The molecule has 134 valence electrons. The molecule has 3 saturated heterocycles. The summed E-state index contributed by atoms with van der Waals surface area (Å²) in [7, 11) is -1.72. The topological polar surface area (TPSA) is 67.7 Å². The van der Waals surface area contributed by atoms with Gasteiger partial charge < -0.3 is 14.2 Å². The van der Waals surface area contributed by atoms with Crippen LogP contribution in [0.4, 0.5) is 0 Å². The van der Waals surface area contributed by atoms with E-state index in [1.54, 1.807) is 22.1 Å². The van der Waals surface area contributed by atoms with Gasteiger partial charge in [-0.3, -0.25) is 0 Å². The Balaban J connectivity index is 1.54. The fraction of sp³-hybridized carbons (Fsp3) is 0.812. The molecule has 0 unspecified atom stereocenters. The van der Waals surface area contributed by atoms with E-state index in [1.165, 1.54) is 25.6 Å². The van der Waals surface area contributed by atoms with Gasteiger partial charge in [0.15, 0.2) is 5.03 Å². The fourth-order valence-electron chi connectivity index (χ4n) is 4.41. The SMILES string of the molecule is Cn1cnc(S(=O)(=O)N2C[C@@H]3COC[C@]3(CN3CCCCC3)C2)c1. The van der Waals surface area contributed by atoms with E-state index in [4.69, 9.17) is 4.74 Å². The Morgan fingerprint density at radius 2 is 2.12 bits per heavy atom. The molecule has 3 aliphatic heterocycles. The second-order valence-corrected chi connectivity index (χ2v) is 9.47. The third kappa shape index (κ3) is 2.79. The Morgan fingerprint density at radius 3 is 2.83 bits per heavy atom. The first-order valence-corrected chi connectivity index (χ1v) is 10.2. The van der Waals surface area contributed by atoms with Crippen molar-refractivity contribution in [1.29, 1.82) is 0 Å². The number of hydrogen-bond acceptors (Lipinski definition) is 5. The molecule has 7 nitrogen and oxygen atoms in total. The molecular weight excluding hydrogens is 328 g/mol. The average Bonchev–Trinajstić information content (AvgIpc) is 3.22. The third-order valence-corrected chi connectivity index (χ3v) is 7.46. The minimum atomic E-state index is -3.51. The zero-order chi connectivity index (χ0) is 16.8. The van der Waals surface area contributed by atoms with E-state index in [9.17, 15) is 8.42 Å². The van der Waals surface area contributed by atoms with E-state index in [0.29, 0.717) is 26.3 Å². The molecule has 0 aromatic carbocycles. The maximum atomic E-state index is 12.9. The number of imidazole rings is 1. The fourth-order valence-corrected chi connectivity index (χ4v) is 5.95. The molecule has 0 saturated carbocycles. The average molecular weight is 354 g/mol. The van der Waals surface area contributed by atoms with E-state index in [1.807, 2.05) is 0 Å². The molecule has 0 N–H and O–H groups in total. The standard InChI is InChI=1S/C16H26N4O3S/c1-18-8-15(17-13-18)24(21,22)20-7-14-9-23-12-16(14,11-20)10-19-5-3-2-4-6-19/h8,13-14H,2-7,9-12H2,1H3/t14-,16+/m1/s1. The van der Waals surface area contributed by atoms with Crippen LogP contribution in [0.3, 0.4) is 0 Å². The summed E-state index contributed by atoms with van der Waals surface area (Å²) in [5.41, 5.74) is -0.0564. The quantitative estimate of drug-likeness (QED) is 0.790. The molecule has 0 bridgehead atoms. The Morgan fingerprint density at radius 1 is 1.33 bits per heavy atom. The van der Waals surface area contributed by atoms with E-state index < -0.39 is 10.0 Å². The molecule has 4 rings (SSSR count). The number of piperidine rings is 1. The lowest BCUT2D eigenvalue weighted by Gasteiger charge is -2.36. The number of rotatable bonds is 4. The van der Waals surface area contributed by atoms with Crippen molar-refractivity contribution in [3.8, 4) is 0 Å². The van der Waals surface area contributed by atoms with Crippen LogP contribution < -0.4 is 0 Å². The van der Waals surface area contributed by atoms with Gasteiger partial charge >= 0.3 is 0 Å². The molecule has 0 aliphatic carbocycles. The largest absolute Gasteiger partial charge is 0.380 e. The van der Waals surface area contributed by atoms with Gasteiger partial charge in [0.2, 0.25) is 0 Å². The highest BCUT2D eigenvalue weighted by atomic mass is 32.2. The summed E-state index contributed by atoms with van der Waals surface area (Å²) in [4.78, 5) is 6.56. The molecule has 3 aliphatic rings. The lowest BCUT2D eigenvalue weighted by Crippen LogP contribution is -2.45. The van der Waals surface area contributed by atoms with Gasteiger partial charge in [-0.2, -0.15) is 4.31 Å². The predicted molar refractivity (Wildman–Crippen MR) is 89.0 cm³/mol. The van der Waals surface area contributed by atoms with Crippen molar-refractivity contribution in [3.05, 3.63) is 12.5 Å². The minimum absolute atomic E-state index is 0.0564. The van der Waals surface area contributed by atoms with Crippen LogP contribution in [-0.4, -0.2) is 73.1 Å². The van der Waals surface area contributed by atoms with Gasteiger partial charge in [0, 0.05) is 44.2 Å². The summed E-state index contributed by atoms with van der Waals surface area (Å²) in [6, 6.07) is 0. The molecule has 1 aromatic rings. The number of fused-ring (bicyclic) bond motifs is 1. The van der Waals surface area contributed by atoms with Crippen LogP contribution >= 0.6 is 0 Å². The molecular formula is C16H26N4O3S. The summed E-state index contributed by atoms with van der Waals surface area (Å²) in [5, 5.41) is 0.152. The highest BCUT2D eigenvalue weighted by Gasteiger charge is 2.54. The summed E-state index contributed by atoms with van der Waals surface area (Å²) in [6.07, 6.45) is 6.92. The van der Waals surface area contributed by atoms with Crippen LogP contribution in [-0.2, 0) is 21.8 Å². The van der Waals surface area contributed by atoms with Crippen molar-refractivity contribution in [2.75, 3.05) is 45.9 Å². The minimum Gasteiger partial charge on any atom is -0.380 e. The Hall–Kier alpha value is -0.960. The number of sulfonamides is 1. The zero-order valence-electron chi connectivity index (χ0n) is 14.2. The van der Waals surface area contributed by atoms with Crippen molar-refractivity contribution in [2.24, 2.45) is 18.4 Å². The molecule has 2 atom stereocenters. The smallest absolute Gasteiger partial charge is 0.262 e. The Bertz CT molecular complexity index is 698. The monoisotopic (exact) mass is 354 g/mol. The Labute approximate surface area is 143 Å². The van der Waals surface area contributed by atoms with Crippen LogP contribution in [0, 0.1) is 11.3 Å². The number of likely N-dealkylation sites (tertiary alicyclic amines) is 1. The van der Waals surface area contributed by atoms with Gasteiger partial charge in [0.1, 0.15) is 0 Å². The number of nitrogens with zero attached hydrogens (tertiary/aromatic N) is 4. The number of aryl methyl sites for hydroxylation is 1. The van der Waals surface area contributed by atoms with E-state index >= 15 is 0 Å². The number of ether oxygens (including phenoxy) is 1. The van der Waals surface area contributed by atoms with Gasteiger partial charge in [-0.15, -0.1) is 0 Å².